The van der Waals surface area contributed by atoms with Crippen molar-refractivity contribution in [2.24, 2.45) is 0 Å². The van der Waals surface area contributed by atoms with E-state index >= 15 is 0 Å². The fourth-order valence-corrected chi connectivity index (χ4v) is 2.11. The van der Waals surface area contributed by atoms with Gasteiger partial charge < -0.3 is 15.4 Å². The number of amides is 2. The van der Waals surface area contributed by atoms with E-state index in [1.807, 2.05) is 18.7 Å². The number of thioether (sulfide) groups is 1. The number of ether oxygens (including phenoxy) is 1. The summed E-state index contributed by atoms with van der Waals surface area (Å²) in [6.07, 6.45) is 0.922. The van der Waals surface area contributed by atoms with Crippen LogP contribution in [0.2, 0.25) is 0 Å². The van der Waals surface area contributed by atoms with E-state index in [9.17, 15) is 4.79 Å². The lowest BCUT2D eigenvalue weighted by molar-refractivity contribution is 0.188. The van der Waals surface area contributed by atoms with Crippen molar-refractivity contribution in [1.82, 2.24) is 10.6 Å². The predicted octanol–water partition coefficient (Wildman–Crippen LogP) is 1.22. The van der Waals surface area contributed by atoms with Gasteiger partial charge in [0.15, 0.2) is 0 Å². The molecule has 2 atom stereocenters. The summed E-state index contributed by atoms with van der Waals surface area (Å²) in [7, 11) is 0. The molecule has 0 bridgehead atoms. The average molecular weight is 232 g/mol. The lowest BCUT2D eigenvalue weighted by Crippen LogP contribution is -2.46. The predicted molar refractivity (Wildman–Crippen MR) is 63.4 cm³/mol. The largest absolute Gasteiger partial charge is 0.379 e. The Morgan fingerprint density at radius 3 is 3.07 bits per heavy atom. The van der Waals surface area contributed by atoms with Crippen LogP contribution in [-0.2, 0) is 4.74 Å². The number of urea groups is 1. The number of carbonyl (C=O) groups excluding carboxylic acids is 1. The lowest BCUT2D eigenvalue weighted by Gasteiger charge is -2.16. The van der Waals surface area contributed by atoms with E-state index in [2.05, 4.69) is 17.6 Å². The average Bonchev–Trinajstić information content (AvgIpc) is 2.67. The van der Waals surface area contributed by atoms with Crippen LogP contribution in [0.1, 0.15) is 20.3 Å². The van der Waals surface area contributed by atoms with Crippen LogP contribution in [-0.4, -0.2) is 42.8 Å². The summed E-state index contributed by atoms with van der Waals surface area (Å²) in [4.78, 5) is 11.5. The van der Waals surface area contributed by atoms with Crippen molar-refractivity contribution in [2.75, 3.05) is 24.7 Å². The SMILES string of the molecule is CCSCC(C)NC(=O)NC1CCOC1. The second kappa shape index (κ2) is 6.95. The Balaban J connectivity index is 2.11. The molecule has 1 heterocycles. The maximum atomic E-state index is 11.5. The van der Waals surface area contributed by atoms with Crippen LogP contribution in [0.15, 0.2) is 0 Å². The molecule has 15 heavy (non-hydrogen) atoms. The van der Waals surface area contributed by atoms with Crippen LogP contribution < -0.4 is 10.6 Å². The third-order valence-corrected chi connectivity index (χ3v) is 3.36. The van der Waals surface area contributed by atoms with Gasteiger partial charge >= 0.3 is 6.03 Å². The van der Waals surface area contributed by atoms with Crippen molar-refractivity contribution in [2.45, 2.75) is 32.4 Å². The molecule has 0 spiro atoms. The first kappa shape index (κ1) is 12.6. The van der Waals surface area contributed by atoms with Gasteiger partial charge in [-0.1, -0.05) is 6.92 Å². The summed E-state index contributed by atoms with van der Waals surface area (Å²) in [5, 5.41) is 5.82. The highest BCUT2D eigenvalue weighted by Crippen LogP contribution is 2.04. The van der Waals surface area contributed by atoms with Crippen molar-refractivity contribution in [3.05, 3.63) is 0 Å². The van der Waals surface area contributed by atoms with Gasteiger partial charge in [0.25, 0.3) is 0 Å². The van der Waals surface area contributed by atoms with Crippen LogP contribution in [0.3, 0.4) is 0 Å². The molecule has 0 aromatic rings. The first-order valence-corrected chi connectivity index (χ1v) is 6.60. The molecular formula is C10H20N2O2S. The molecule has 0 aromatic carbocycles. The van der Waals surface area contributed by atoms with Crippen LogP contribution in [0.5, 0.6) is 0 Å². The number of hydrogen-bond acceptors (Lipinski definition) is 3. The molecule has 0 aliphatic carbocycles. The summed E-state index contributed by atoms with van der Waals surface area (Å²) in [6, 6.07) is 0.336. The summed E-state index contributed by atoms with van der Waals surface area (Å²) >= 11 is 1.83. The Morgan fingerprint density at radius 1 is 1.67 bits per heavy atom. The number of nitrogens with one attached hydrogen (secondary N) is 2. The molecule has 4 nitrogen and oxygen atoms in total. The highest BCUT2D eigenvalue weighted by Gasteiger charge is 2.18. The highest BCUT2D eigenvalue weighted by atomic mass is 32.2. The van der Waals surface area contributed by atoms with E-state index in [4.69, 9.17) is 4.74 Å². The van der Waals surface area contributed by atoms with E-state index < -0.39 is 0 Å². The first-order valence-electron chi connectivity index (χ1n) is 5.45. The Bertz CT molecular complexity index is 196. The van der Waals surface area contributed by atoms with E-state index in [1.54, 1.807) is 0 Å². The topological polar surface area (TPSA) is 50.4 Å². The second-order valence-corrected chi connectivity index (χ2v) is 5.06. The van der Waals surface area contributed by atoms with Gasteiger partial charge in [0, 0.05) is 18.4 Å². The third kappa shape index (κ3) is 5.28. The molecule has 2 unspecified atom stereocenters. The minimum Gasteiger partial charge on any atom is -0.379 e. The molecule has 2 amide bonds. The molecule has 2 N–H and O–H groups in total. The van der Waals surface area contributed by atoms with Crippen LogP contribution in [0.4, 0.5) is 4.79 Å². The summed E-state index contributed by atoms with van der Waals surface area (Å²) < 4.78 is 5.18. The maximum Gasteiger partial charge on any atom is 0.315 e. The standard InChI is InChI=1S/C10H20N2O2S/c1-3-15-7-8(2)11-10(13)12-9-4-5-14-6-9/h8-9H,3-7H2,1-2H3,(H2,11,12,13). The molecule has 0 saturated carbocycles. The highest BCUT2D eigenvalue weighted by molar-refractivity contribution is 7.99. The lowest BCUT2D eigenvalue weighted by atomic mass is 10.3. The van der Waals surface area contributed by atoms with E-state index in [0.29, 0.717) is 6.61 Å². The van der Waals surface area contributed by atoms with Gasteiger partial charge in [0.05, 0.1) is 12.6 Å². The molecule has 0 radical (unpaired) electrons. The molecule has 88 valence electrons. The van der Waals surface area contributed by atoms with E-state index in [-0.39, 0.29) is 18.1 Å². The maximum absolute atomic E-state index is 11.5. The number of carbonyl (C=O) groups is 1. The second-order valence-electron chi connectivity index (χ2n) is 3.74. The minimum absolute atomic E-state index is 0.0743. The molecule has 1 fully saturated rings. The fraction of sp³-hybridized carbons (Fsp3) is 0.900. The Hall–Kier alpha value is -0.420. The zero-order valence-electron chi connectivity index (χ0n) is 9.41. The Labute approximate surface area is 95.5 Å². The molecule has 1 saturated heterocycles. The van der Waals surface area contributed by atoms with Gasteiger partial charge in [0.2, 0.25) is 0 Å². The van der Waals surface area contributed by atoms with Gasteiger partial charge in [-0.3, -0.25) is 0 Å². The van der Waals surface area contributed by atoms with E-state index in [0.717, 1.165) is 24.5 Å². The molecule has 1 aliphatic rings. The summed E-state index contributed by atoms with van der Waals surface area (Å²) in [6.45, 7) is 5.54. The monoisotopic (exact) mass is 232 g/mol. The van der Waals surface area contributed by atoms with Crippen LogP contribution in [0, 0.1) is 0 Å². The first-order chi connectivity index (χ1) is 7.22. The molecule has 1 aliphatic heterocycles. The van der Waals surface area contributed by atoms with Crippen molar-refractivity contribution in [3.8, 4) is 0 Å². The minimum atomic E-state index is -0.0743. The van der Waals surface area contributed by atoms with Gasteiger partial charge in [0.1, 0.15) is 0 Å². The van der Waals surface area contributed by atoms with Crippen molar-refractivity contribution in [3.63, 3.8) is 0 Å². The molecule has 0 aromatic heterocycles. The Kier molecular flexibility index (Phi) is 5.86. The number of rotatable bonds is 5. The van der Waals surface area contributed by atoms with Gasteiger partial charge in [-0.05, 0) is 19.1 Å². The number of hydrogen-bond donors (Lipinski definition) is 2. The third-order valence-electron chi connectivity index (χ3n) is 2.21. The molecule has 1 rings (SSSR count). The zero-order chi connectivity index (χ0) is 11.1. The van der Waals surface area contributed by atoms with Crippen molar-refractivity contribution >= 4 is 17.8 Å². The molecule has 5 heteroatoms. The van der Waals surface area contributed by atoms with E-state index in [1.165, 1.54) is 0 Å². The smallest absolute Gasteiger partial charge is 0.315 e. The summed E-state index contributed by atoms with van der Waals surface area (Å²) in [5.41, 5.74) is 0. The van der Waals surface area contributed by atoms with Gasteiger partial charge in [-0.25, -0.2) is 4.79 Å². The van der Waals surface area contributed by atoms with Crippen molar-refractivity contribution < 1.29 is 9.53 Å². The van der Waals surface area contributed by atoms with Crippen LogP contribution >= 0.6 is 11.8 Å². The Morgan fingerprint density at radius 2 is 2.47 bits per heavy atom. The molecular weight excluding hydrogens is 212 g/mol. The fourth-order valence-electron chi connectivity index (χ4n) is 1.44. The quantitative estimate of drug-likeness (QED) is 0.749. The van der Waals surface area contributed by atoms with Crippen molar-refractivity contribution in [1.29, 1.82) is 0 Å². The van der Waals surface area contributed by atoms with Crippen LogP contribution in [0.25, 0.3) is 0 Å². The van der Waals surface area contributed by atoms with Gasteiger partial charge in [-0.2, -0.15) is 11.8 Å². The zero-order valence-corrected chi connectivity index (χ0v) is 10.2. The normalized spacial score (nSPS) is 22.4. The summed E-state index contributed by atoms with van der Waals surface area (Å²) in [5.74, 6) is 2.05. The van der Waals surface area contributed by atoms with Gasteiger partial charge in [-0.15, -0.1) is 0 Å².